The largest absolute Gasteiger partial charge is 0.289 e. The van der Waals surface area contributed by atoms with E-state index < -0.39 is 0 Å². The first-order valence-corrected chi connectivity index (χ1v) is 22.1. The van der Waals surface area contributed by atoms with E-state index >= 15 is 0 Å². The van der Waals surface area contributed by atoms with Gasteiger partial charge in [0, 0.05) is 44.5 Å². The van der Waals surface area contributed by atoms with Gasteiger partial charge >= 0.3 is 0 Å². The molecule has 13 rings (SSSR count). The molecule has 302 valence electrons. The smallest absolute Gasteiger partial charge is 0.185 e. The molecule has 0 bridgehead atoms. The molecule has 0 aliphatic rings. The first-order valence-electron chi connectivity index (χ1n) is 22.1. The summed E-state index contributed by atoms with van der Waals surface area (Å²) in [5.41, 5.74) is 7.05. The van der Waals surface area contributed by atoms with Crippen LogP contribution in [0.1, 0.15) is 97.2 Å². The Balaban J connectivity index is 1.62. The second-order valence-electron chi connectivity index (χ2n) is 21.5. The Bertz CT molecular complexity index is 4240. The van der Waals surface area contributed by atoms with Crippen molar-refractivity contribution in [2.45, 2.75) is 108 Å². The minimum atomic E-state index is -0.217. The van der Waals surface area contributed by atoms with Crippen molar-refractivity contribution in [3.05, 3.63) is 121 Å². The third-order valence-electron chi connectivity index (χ3n) is 16.3. The van der Waals surface area contributed by atoms with Gasteiger partial charge in [-0.3, -0.25) is 19.2 Å². The second kappa shape index (κ2) is 10.3. The van der Waals surface area contributed by atoms with Gasteiger partial charge in [0.15, 0.2) is 21.7 Å². The van der Waals surface area contributed by atoms with Crippen LogP contribution >= 0.6 is 0 Å². The summed E-state index contributed by atoms with van der Waals surface area (Å²) in [7, 11) is 0. The van der Waals surface area contributed by atoms with Crippen molar-refractivity contribution < 1.29 is 0 Å². The van der Waals surface area contributed by atoms with E-state index in [9.17, 15) is 19.2 Å². The van der Waals surface area contributed by atoms with Crippen LogP contribution in [0.15, 0.2) is 43.4 Å². The van der Waals surface area contributed by atoms with Crippen LogP contribution in [-0.4, -0.2) is 0 Å². The van der Waals surface area contributed by atoms with Gasteiger partial charge in [-0.25, -0.2) is 0 Å². The lowest BCUT2D eigenvalue weighted by molar-refractivity contribution is 0.591. The molecule has 0 saturated heterocycles. The molecule has 62 heavy (non-hydrogen) atoms. The maximum atomic E-state index is 14.9. The molecular weight excluding hydrogens is 761 g/mol. The third-order valence-corrected chi connectivity index (χ3v) is 16.3. The number of aryl methyl sites for hydroxylation is 8. The Morgan fingerprint density at radius 3 is 0.661 bits per heavy atom. The van der Waals surface area contributed by atoms with Crippen molar-refractivity contribution in [3.63, 3.8) is 0 Å². The highest BCUT2D eigenvalue weighted by atomic mass is 16.1. The minimum Gasteiger partial charge on any atom is -0.289 e. The summed E-state index contributed by atoms with van der Waals surface area (Å²) >= 11 is 0. The predicted octanol–water partition coefficient (Wildman–Crippen LogP) is 13.5. The maximum absolute atomic E-state index is 14.9. The van der Waals surface area contributed by atoms with Crippen LogP contribution in [0.4, 0.5) is 0 Å². The molecule has 0 spiro atoms. The van der Waals surface area contributed by atoms with Gasteiger partial charge in [0.2, 0.25) is 0 Å². The van der Waals surface area contributed by atoms with Crippen molar-refractivity contribution in [1.82, 2.24) is 0 Å². The van der Waals surface area contributed by atoms with E-state index in [0.717, 1.165) is 130 Å². The zero-order chi connectivity index (χ0) is 43.8. The predicted molar refractivity (Wildman–Crippen MR) is 266 cm³/mol. The molecule has 13 aromatic rings. The number of hydrogen-bond acceptors (Lipinski definition) is 4. The van der Waals surface area contributed by atoms with Crippen molar-refractivity contribution in [2.24, 2.45) is 0 Å². The average molecular weight is 807 g/mol. The quantitative estimate of drug-likeness (QED) is 0.113. The SMILES string of the molecule is Cc1c(=O)c(C)c2c3c(C)c(=O)c(C)c4c5c(C)c(=O)c(C)c6c7c(C)c(=O)c(C)c8c9cc(C(C)(C)C)cc%10c%11cc(C(C)(C)C)cc%12c1c2c1c(c%11%12)c(c%109)c(c87)c(c65)c1c34. The summed E-state index contributed by atoms with van der Waals surface area (Å²) in [5.74, 6) is 0. The fourth-order valence-corrected chi connectivity index (χ4v) is 13.3. The van der Waals surface area contributed by atoms with Crippen molar-refractivity contribution in [1.29, 1.82) is 0 Å². The molecule has 0 aliphatic carbocycles. The molecule has 0 unspecified atom stereocenters. The molecule has 0 radical (unpaired) electrons. The van der Waals surface area contributed by atoms with E-state index in [0.29, 0.717) is 33.4 Å². The molecule has 0 saturated carbocycles. The topological polar surface area (TPSA) is 68.3 Å². The molecule has 0 atom stereocenters. The van der Waals surface area contributed by atoms with Gasteiger partial charge in [-0.05, 0) is 231 Å². The highest BCUT2D eigenvalue weighted by Gasteiger charge is 2.37. The lowest BCUT2D eigenvalue weighted by Gasteiger charge is -2.32. The number of hydrogen-bond donors (Lipinski definition) is 0. The van der Waals surface area contributed by atoms with Crippen LogP contribution in [0, 0.1) is 55.4 Å². The van der Waals surface area contributed by atoms with Crippen molar-refractivity contribution in [3.8, 4) is 0 Å². The van der Waals surface area contributed by atoms with Crippen LogP contribution in [0.3, 0.4) is 0 Å². The molecule has 4 nitrogen and oxygen atoms in total. The van der Waals surface area contributed by atoms with Gasteiger partial charge in [0.25, 0.3) is 0 Å². The normalized spacial score (nSPS) is 13.9. The van der Waals surface area contributed by atoms with Gasteiger partial charge in [-0.2, -0.15) is 0 Å². The summed E-state index contributed by atoms with van der Waals surface area (Å²) < 4.78 is 0. The zero-order valence-electron chi connectivity index (χ0n) is 37.9. The van der Waals surface area contributed by atoms with Gasteiger partial charge in [-0.1, -0.05) is 41.5 Å². The molecule has 0 aromatic heterocycles. The first kappa shape index (κ1) is 36.4. The Kier molecular flexibility index (Phi) is 6.06. The molecule has 0 fully saturated rings. The molecule has 0 aliphatic heterocycles. The molecule has 4 heteroatoms. The van der Waals surface area contributed by atoms with Gasteiger partial charge in [0.1, 0.15) is 0 Å². The highest BCUT2D eigenvalue weighted by Crippen LogP contribution is 2.62. The average Bonchev–Trinajstić information content (AvgIpc) is 3.22. The lowest BCUT2D eigenvalue weighted by atomic mass is 9.69. The molecule has 0 N–H and O–H groups in total. The molecule has 13 aromatic carbocycles. The first-order chi connectivity index (χ1) is 29.1. The summed E-state index contributed by atoms with van der Waals surface area (Å²) in [6.45, 7) is 29.1. The summed E-state index contributed by atoms with van der Waals surface area (Å²) in [5, 5.41) is 24.5. The highest BCUT2D eigenvalue weighted by molar-refractivity contribution is 6.62. The fraction of sp³-hybridized carbons (Fsp3) is 0.276. The summed E-state index contributed by atoms with van der Waals surface area (Å²) in [6, 6.07) is 9.53. The van der Waals surface area contributed by atoms with Crippen LogP contribution in [-0.2, 0) is 10.8 Å². The van der Waals surface area contributed by atoms with Gasteiger partial charge in [-0.15, -0.1) is 0 Å². The standard InChI is InChI=1S/C58H46O4/c1-19-33-31-17-27(57(9,10)11)15-29-30-16-28(58(12,13)14)18-32-34-20(2)54(60)22(4)36-38-24(6)56(62)26(8)40-39-25(7)55(61)23(5)37-35(21(3)53(19)59)43(33)49-47(41(29)31)48(42(30)32)50(44(34)36)52(46(38)40)51(49)45(37)39/h15-18H,1-14H3. The Hall–Kier alpha value is -6.26. The Morgan fingerprint density at radius 2 is 0.419 bits per heavy atom. The van der Waals surface area contributed by atoms with Crippen LogP contribution in [0.2, 0.25) is 0 Å². The second-order valence-corrected chi connectivity index (χ2v) is 21.5. The van der Waals surface area contributed by atoms with Crippen LogP contribution in [0.5, 0.6) is 0 Å². The number of rotatable bonds is 0. The maximum Gasteiger partial charge on any atom is 0.185 e. The lowest BCUT2D eigenvalue weighted by Crippen LogP contribution is -2.18. The molecule has 0 heterocycles. The van der Waals surface area contributed by atoms with E-state index in [1.54, 1.807) is 0 Å². The monoisotopic (exact) mass is 806 g/mol. The Morgan fingerprint density at radius 1 is 0.242 bits per heavy atom. The Labute approximate surface area is 356 Å². The fourth-order valence-electron chi connectivity index (χ4n) is 13.3. The third kappa shape index (κ3) is 3.53. The number of fused-ring (bicyclic) bond motifs is 6. The summed E-state index contributed by atoms with van der Waals surface area (Å²) in [4.78, 5) is 59.6. The zero-order valence-corrected chi connectivity index (χ0v) is 37.9. The van der Waals surface area contributed by atoms with Gasteiger partial charge in [0.05, 0.1) is 0 Å². The summed E-state index contributed by atoms with van der Waals surface area (Å²) in [6.07, 6.45) is 0. The van der Waals surface area contributed by atoms with E-state index in [2.05, 4.69) is 65.8 Å². The van der Waals surface area contributed by atoms with E-state index in [-0.39, 0.29) is 32.5 Å². The van der Waals surface area contributed by atoms with Crippen LogP contribution < -0.4 is 21.7 Å². The molecular formula is C58H46O4. The number of benzene rings is 13. The minimum absolute atomic E-state index is 0.000340. The van der Waals surface area contributed by atoms with E-state index in [4.69, 9.17) is 0 Å². The van der Waals surface area contributed by atoms with Crippen LogP contribution in [0.25, 0.3) is 129 Å². The van der Waals surface area contributed by atoms with E-state index in [1.807, 2.05) is 55.4 Å². The van der Waals surface area contributed by atoms with Gasteiger partial charge < -0.3 is 0 Å². The van der Waals surface area contributed by atoms with Crippen molar-refractivity contribution in [2.75, 3.05) is 0 Å². The van der Waals surface area contributed by atoms with E-state index in [1.165, 1.54) is 21.9 Å². The molecule has 0 amide bonds. The van der Waals surface area contributed by atoms with Crippen molar-refractivity contribution >= 4 is 129 Å².